The summed E-state index contributed by atoms with van der Waals surface area (Å²) in [6, 6.07) is 3.61. The third-order valence-electron chi connectivity index (χ3n) is 2.02. The highest BCUT2D eigenvalue weighted by atomic mass is 127. The smallest absolute Gasteiger partial charge is 0.213 e. The maximum Gasteiger partial charge on any atom is 0.213 e. The molecule has 0 aromatic carbocycles. The minimum atomic E-state index is -0.496. The molecule has 1 N–H and O–H groups in total. The second-order valence-corrected chi connectivity index (χ2v) is 7.34. The Morgan fingerprint density at radius 1 is 1.05 bits per heavy atom. The predicted molar refractivity (Wildman–Crippen MR) is 103 cm³/mol. The Morgan fingerprint density at radius 3 is 2.00 bits per heavy atom. The van der Waals surface area contributed by atoms with Gasteiger partial charge in [-0.05, 0) is 65.1 Å². The van der Waals surface area contributed by atoms with Gasteiger partial charge in [-0.15, -0.1) is 0 Å². The summed E-state index contributed by atoms with van der Waals surface area (Å²) in [4.78, 5) is 7.47. The Balaban J connectivity index is 0.000000219. The molecule has 2 heterocycles. The summed E-state index contributed by atoms with van der Waals surface area (Å²) in [7, 11) is 0. The van der Waals surface area contributed by atoms with E-state index in [-0.39, 0.29) is 0 Å². The van der Waals surface area contributed by atoms with Crippen molar-refractivity contribution in [2.45, 2.75) is 19.9 Å². The first-order valence-corrected chi connectivity index (χ1v) is 8.75. The summed E-state index contributed by atoms with van der Waals surface area (Å²) in [5.74, 6) is 0.377. The molecule has 0 fully saturated rings. The largest absolute Gasteiger partial charge is 0.368 e. The molecule has 0 atom stereocenters. The zero-order valence-corrected chi connectivity index (χ0v) is 17.0. The van der Waals surface area contributed by atoms with Crippen LogP contribution in [0.1, 0.15) is 13.8 Å². The molecule has 0 saturated carbocycles. The Kier molecular flexibility index (Phi) is 8.43. The molecule has 21 heavy (non-hydrogen) atoms. The van der Waals surface area contributed by atoms with E-state index in [0.29, 0.717) is 19.7 Å². The van der Waals surface area contributed by atoms with Gasteiger partial charge >= 0.3 is 0 Å². The van der Waals surface area contributed by atoms with Crippen molar-refractivity contribution < 1.29 is 4.39 Å². The standard InChI is InChI=1S/C8H10ClIN2.C5H2ClFIN/c1-5(2)12-8-3-7(10)6(9)4-11-8;6-3-2-9-5(7)1-4(3)8/h3-5H,1-2H3,(H,11,12);1-2H. The van der Waals surface area contributed by atoms with Crippen LogP contribution in [0, 0.1) is 13.1 Å². The van der Waals surface area contributed by atoms with Crippen LogP contribution in [0.2, 0.25) is 10.0 Å². The maximum absolute atomic E-state index is 12.2. The Hall–Kier alpha value is 0.0700. The average molecular weight is 554 g/mol. The van der Waals surface area contributed by atoms with Crippen molar-refractivity contribution in [2.24, 2.45) is 0 Å². The van der Waals surface area contributed by atoms with Crippen molar-refractivity contribution in [1.82, 2.24) is 9.97 Å². The van der Waals surface area contributed by atoms with E-state index >= 15 is 0 Å². The fourth-order valence-corrected chi connectivity index (χ4v) is 2.22. The van der Waals surface area contributed by atoms with Gasteiger partial charge in [-0.25, -0.2) is 9.97 Å². The van der Waals surface area contributed by atoms with Gasteiger partial charge in [-0.3, -0.25) is 0 Å². The van der Waals surface area contributed by atoms with Crippen LogP contribution in [-0.4, -0.2) is 16.0 Å². The van der Waals surface area contributed by atoms with Crippen molar-refractivity contribution >= 4 is 74.2 Å². The van der Waals surface area contributed by atoms with Crippen LogP contribution in [-0.2, 0) is 0 Å². The SMILES string of the molecule is CC(C)Nc1cc(I)c(Cl)cn1.Fc1cc(I)c(Cl)cn1. The van der Waals surface area contributed by atoms with E-state index in [1.54, 1.807) is 6.20 Å². The quantitative estimate of drug-likeness (QED) is 0.386. The monoisotopic (exact) mass is 553 g/mol. The molecule has 2 rings (SSSR count). The fourth-order valence-electron chi connectivity index (χ4n) is 1.18. The first-order valence-electron chi connectivity index (χ1n) is 5.83. The van der Waals surface area contributed by atoms with Crippen LogP contribution < -0.4 is 5.32 Å². The maximum atomic E-state index is 12.2. The number of nitrogens with one attached hydrogen (secondary N) is 1. The van der Waals surface area contributed by atoms with E-state index in [1.165, 1.54) is 12.3 Å². The molecule has 8 heteroatoms. The molecule has 0 aliphatic carbocycles. The van der Waals surface area contributed by atoms with Gasteiger partial charge in [0.05, 0.1) is 10.0 Å². The minimum absolute atomic E-state index is 0.398. The van der Waals surface area contributed by atoms with Crippen LogP contribution in [0.15, 0.2) is 24.5 Å². The first kappa shape index (κ1) is 19.1. The molecule has 0 aliphatic rings. The number of hydrogen-bond donors (Lipinski definition) is 1. The fraction of sp³-hybridized carbons (Fsp3) is 0.231. The number of pyridine rings is 2. The molecule has 2 aromatic rings. The molecule has 0 radical (unpaired) electrons. The number of anilines is 1. The van der Waals surface area contributed by atoms with Crippen molar-refractivity contribution in [3.63, 3.8) is 0 Å². The lowest BCUT2D eigenvalue weighted by Crippen LogP contribution is -2.10. The van der Waals surface area contributed by atoms with Gasteiger partial charge in [0, 0.05) is 31.6 Å². The third kappa shape index (κ3) is 7.25. The van der Waals surface area contributed by atoms with Gasteiger partial charge in [0.15, 0.2) is 0 Å². The summed E-state index contributed by atoms with van der Waals surface area (Å²) in [6.45, 7) is 4.15. The lowest BCUT2D eigenvalue weighted by Gasteiger charge is -2.08. The number of hydrogen-bond acceptors (Lipinski definition) is 3. The van der Waals surface area contributed by atoms with Crippen LogP contribution in [0.3, 0.4) is 0 Å². The molecule has 0 amide bonds. The van der Waals surface area contributed by atoms with E-state index in [2.05, 4.69) is 51.7 Å². The molecule has 2 aromatic heterocycles. The van der Waals surface area contributed by atoms with Crippen molar-refractivity contribution in [2.75, 3.05) is 5.32 Å². The van der Waals surface area contributed by atoms with Crippen molar-refractivity contribution in [3.8, 4) is 0 Å². The summed E-state index contributed by atoms with van der Waals surface area (Å²) in [6.07, 6.45) is 2.95. The first-order chi connectivity index (χ1) is 9.79. The topological polar surface area (TPSA) is 37.8 Å². The van der Waals surface area contributed by atoms with Crippen LogP contribution in [0.25, 0.3) is 0 Å². The van der Waals surface area contributed by atoms with Gasteiger partial charge in [0.25, 0.3) is 0 Å². The van der Waals surface area contributed by atoms with Gasteiger partial charge in [0.1, 0.15) is 5.82 Å². The van der Waals surface area contributed by atoms with E-state index in [4.69, 9.17) is 23.2 Å². The number of halogens is 5. The summed E-state index contributed by atoms with van der Waals surface area (Å²) < 4.78 is 13.9. The number of rotatable bonds is 2. The van der Waals surface area contributed by atoms with Gasteiger partial charge in [-0.2, -0.15) is 4.39 Å². The van der Waals surface area contributed by atoms with Crippen LogP contribution in [0.4, 0.5) is 10.2 Å². The van der Waals surface area contributed by atoms with Crippen molar-refractivity contribution in [3.05, 3.63) is 47.7 Å². The van der Waals surface area contributed by atoms with E-state index in [0.717, 1.165) is 9.39 Å². The Morgan fingerprint density at radius 2 is 1.57 bits per heavy atom. The Bertz CT molecular complexity index is 612. The number of aromatic nitrogens is 2. The molecule has 0 saturated heterocycles. The minimum Gasteiger partial charge on any atom is -0.368 e. The number of nitrogens with zero attached hydrogens (tertiary/aromatic N) is 2. The van der Waals surface area contributed by atoms with Gasteiger partial charge < -0.3 is 5.32 Å². The highest BCUT2D eigenvalue weighted by Gasteiger charge is 2.00. The van der Waals surface area contributed by atoms with E-state index in [1.807, 2.05) is 28.7 Å². The second kappa shape index (κ2) is 9.26. The van der Waals surface area contributed by atoms with Crippen LogP contribution >= 0.6 is 68.4 Å². The van der Waals surface area contributed by atoms with E-state index in [9.17, 15) is 4.39 Å². The molecule has 0 spiro atoms. The molecule has 0 aliphatic heterocycles. The summed E-state index contributed by atoms with van der Waals surface area (Å²) in [5, 5.41) is 4.38. The second-order valence-electron chi connectivity index (χ2n) is 4.20. The molecule has 0 unspecified atom stereocenters. The molecule has 114 valence electrons. The highest BCUT2D eigenvalue weighted by Crippen LogP contribution is 2.19. The Labute approximate surface area is 160 Å². The predicted octanol–water partition coefficient (Wildman–Crippen LogP) is 5.64. The van der Waals surface area contributed by atoms with Crippen molar-refractivity contribution in [1.29, 1.82) is 0 Å². The molecule has 0 bridgehead atoms. The molecule has 3 nitrogen and oxygen atoms in total. The highest BCUT2D eigenvalue weighted by molar-refractivity contribution is 14.1. The van der Waals surface area contributed by atoms with Crippen LogP contribution in [0.5, 0.6) is 0 Å². The van der Waals surface area contributed by atoms with Gasteiger partial charge in [-0.1, -0.05) is 23.2 Å². The third-order valence-corrected chi connectivity index (χ3v) is 5.05. The molecular weight excluding hydrogens is 542 g/mol. The van der Waals surface area contributed by atoms with Gasteiger partial charge in [0.2, 0.25) is 5.95 Å². The zero-order chi connectivity index (χ0) is 16.0. The lowest BCUT2D eigenvalue weighted by molar-refractivity contribution is 0.582. The normalized spacial score (nSPS) is 10.1. The van der Waals surface area contributed by atoms with E-state index < -0.39 is 5.95 Å². The lowest BCUT2D eigenvalue weighted by atomic mass is 10.4. The average Bonchev–Trinajstić information content (AvgIpc) is 2.39. The summed E-state index contributed by atoms with van der Waals surface area (Å²) >= 11 is 15.5. The summed E-state index contributed by atoms with van der Waals surface area (Å²) in [5.41, 5.74) is 0. The molecular formula is C13H12Cl2FI2N3. The zero-order valence-electron chi connectivity index (χ0n) is 11.2.